The van der Waals surface area contributed by atoms with Gasteiger partial charge >= 0.3 is 6.09 Å². The van der Waals surface area contributed by atoms with Gasteiger partial charge in [-0.05, 0) is 23.8 Å². The SMILES string of the molecule is O=C(CNC(=O)OCc1ccccc1)NCc1cccnc1-c1ccco1. The molecule has 0 fully saturated rings. The maximum atomic E-state index is 12.0. The summed E-state index contributed by atoms with van der Waals surface area (Å²) < 4.78 is 10.4. The Bertz CT molecular complexity index is 879. The fraction of sp³-hybridized carbons (Fsp3) is 0.150. The zero-order valence-electron chi connectivity index (χ0n) is 14.6. The number of aromatic nitrogens is 1. The van der Waals surface area contributed by atoms with Gasteiger partial charge in [0.1, 0.15) is 18.8 Å². The number of amides is 2. The van der Waals surface area contributed by atoms with Gasteiger partial charge in [-0.3, -0.25) is 9.78 Å². The molecule has 3 aromatic rings. The van der Waals surface area contributed by atoms with E-state index in [0.717, 1.165) is 11.1 Å². The van der Waals surface area contributed by atoms with Gasteiger partial charge in [0.25, 0.3) is 0 Å². The van der Waals surface area contributed by atoms with E-state index in [9.17, 15) is 9.59 Å². The molecular formula is C20H19N3O4. The van der Waals surface area contributed by atoms with E-state index >= 15 is 0 Å². The number of nitrogens with zero attached hydrogens (tertiary/aromatic N) is 1. The minimum Gasteiger partial charge on any atom is -0.463 e. The molecule has 0 aliphatic heterocycles. The number of benzene rings is 1. The van der Waals surface area contributed by atoms with Gasteiger partial charge in [-0.15, -0.1) is 0 Å². The van der Waals surface area contributed by atoms with Crippen LogP contribution in [-0.4, -0.2) is 23.5 Å². The third kappa shape index (κ3) is 5.43. The highest BCUT2D eigenvalue weighted by atomic mass is 16.5. The normalized spacial score (nSPS) is 10.2. The molecule has 0 saturated carbocycles. The summed E-state index contributed by atoms with van der Waals surface area (Å²) in [6.45, 7) is 0.240. The number of carbonyl (C=O) groups excluding carboxylic acids is 2. The maximum absolute atomic E-state index is 12.0. The Labute approximate surface area is 156 Å². The number of alkyl carbamates (subject to hydrolysis) is 1. The molecule has 3 rings (SSSR count). The summed E-state index contributed by atoms with van der Waals surface area (Å²) in [5, 5.41) is 5.16. The van der Waals surface area contributed by atoms with E-state index in [0.29, 0.717) is 11.5 Å². The van der Waals surface area contributed by atoms with Gasteiger partial charge in [0.05, 0.1) is 6.26 Å². The molecule has 2 N–H and O–H groups in total. The molecule has 2 heterocycles. The van der Waals surface area contributed by atoms with Crippen LogP contribution in [0, 0.1) is 0 Å². The number of hydrogen-bond acceptors (Lipinski definition) is 5. The fourth-order valence-electron chi connectivity index (χ4n) is 2.40. The third-order valence-corrected chi connectivity index (χ3v) is 3.73. The third-order valence-electron chi connectivity index (χ3n) is 3.73. The summed E-state index contributed by atoms with van der Waals surface area (Å²) >= 11 is 0. The zero-order chi connectivity index (χ0) is 18.9. The standard InChI is InChI=1S/C20H19N3O4/c24-18(13-23-20(25)27-14-15-6-2-1-3-7-15)22-12-16-8-4-10-21-19(16)17-9-5-11-26-17/h1-11H,12-14H2,(H,22,24)(H,23,25). The van der Waals surface area contributed by atoms with Crippen LogP contribution in [0.15, 0.2) is 71.5 Å². The van der Waals surface area contributed by atoms with Crippen LogP contribution >= 0.6 is 0 Å². The molecule has 0 bridgehead atoms. The lowest BCUT2D eigenvalue weighted by molar-refractivity contribution is -0.120. The van der Waals surface area contributed by atoms with Crippen LogP contribution in [0.2, 0.25) is 0 Å². The molecule has 0 spiro atoms. The lowest BCUT2D eigenvalue weighted by atomic mass is 10.1. The van der Waals surface area contributed by atoms with Crippen molar-refractivity contribution in [1.82, 2.24) is 15.6 Å². The van der Waals surface area contributed by atoms with E-state index in [1.54, 1.807) is 30.7 Å². The largest absolute Gasteiger partial charge is 0.463 e. The predicted octanol–water partition coefficient (Wildman–Crippen LogP) is 2.88. The van der Waals surface area contributed by atoms with Gasteiger partial charge < -0.3 is 19.8 Å². The van der Waals surface area contributed by atoms with Gasteiger partial charge in [0.2, 0.25) is 5.91 Å². The number of hydrogen-bond donors (Lipinski definition) is 2. The van der Waals surface area contributed by atoms with Crippen LogP contribution in [0.1, 0.15) is 11.1 Å². The van der Waals surface area contributed by atoms with Crippen molar-refractivity contribution in [3.8, 4) is 11.5 Å². The number of ether oxygens (including phenoxy) is 1. The van der Waals surface area contributed by atoms with Gasteiger partial charge in [0.15, 0.2) is 5.76 Å². The maximum Gasteiger partial charge on any atom is 0.407 e. The lowest BCUT2D eigenvalue weighted by Gasteiger charge is -2.09. The Kier molecular flexibility index (Phi) is 6.19. The van der Waals surface area contributed by atoms with E-state index in [4.69, 9.17) is 9.15 Å². The quantitative estimate of drug-likeness (QED) is 0.671. The monoisotopic (exact) mass is 365 g/mol. The first-order chi connectivity index (χ1) is 13.2. The molecule has 7 heteroatoms. The van der Waals surface area contributed by atoms with Crippen molar-refractivity contribution in [3.05, 3.63) is 78.2 Å². The molecule has 0 saturated heterocycles. The second kappa shape index (κ2) is 9.19. The summed E-state index contributed by atoms with van der Waals surface area (Å²) in [5.41, 5.74) is 2.35. The van der Waals surface area contributed by atoms with E-state index < -0.39 is 6.09 Å². The van der Waals surface area contributed by atoms with Crippen LogP contribution < -0.4 is 10.6 Å². The first-order valence-electron chi connectivity index (χ1n) is 8.41. The van der Waals surface area contributed by atoms with Crippen LogP contribution in [0.5, 0.6) is 0 Å². The lowest BCUT2D eigenvalue weighted by Crippen LogP contribution is -2.36. The Morgan fingerprint density at radius 2 is 1.85 bits per heavy atom. The molecule has 1 aromatic carbocycles. The van der Waals surface area contributed by atoms with Crippen LogP contribution in [0.4, 0.5) is 4.79 Å². The van der Waals surface area contributed by atoms with E-state index in [1.807, 2.05) is 36.4 Å². The van der Waals surface area contributed by atoms with Crippen molar-refractivity contribution < 1.29 is 18.7 Å². The fourth-order valence-corrected chi connectivity index (χ4v) is 2.40. The molecule has 0 radical (unpaired) electrons. The topological polar surface area (TPSA) is 93.5 Å². The molecule has 0 aliphatic rings. The van der Waals surface area contributed by atoms with E-state index in [2.05, 4.69) is 15.6 Å². The zero-order valence-corrected chi connectivity index (χ0v) is 14.6. The average molecular weight is 365 g/mol. The first-order valence-corrected chi connectivity index (χ1v) is 8.41. The van der Waals surface area contributed by atoms with E-state index in [1.165, 1.54) is 0 Å². The Balaban J connectivity index is 1.43. The smallest absolute Gasteiger partial charge is 0.407 e. The molecule has 2 aromatic heterocycles. The van der Waals surface area contributed by atoms with Gasteiger partial charge in [0, 0.05) is 18.3 Å². The van der Waals surface area contributed by atoms with Crippen LogP contribution in [0.3, 0.4) is 0 Å². The molecular weight excluding hydrogens is 346 g/mol. The van der Waals surface area contributed by atoms with Crippen molar-refractivity contribution in [2.24, 2.45) is 0 Å². The minimum atomic E-state index is -0.647. The number of pyridine rings is 1. The number of rotatable bonds is 7. The Morgan fingerprint density at radius 3 is 2.63 bits per heavy atom. The minimum absolute atomic E-state index is 0.149. The summed E-state index contributed by atoms with van der Waals surface area (Å²) in [7, 11) is 0. The van der Waals surface area contributed by atoms with Crippen molar-refractivity contribution in [3.63, 3.8) is 0 Å². The highest BCUT2D eigenvalue weighted by Gasteiger charge is 2.11. The van der Waals surface area contributed by atoms with Crippen molar-refractivity contribution >= 4 is 12.0 Å². The van der Waals surface area contributed by atoms with Gasteiger partial charge in [-0.25, -0.2) is 4.79 Å². The second-order valence-corrected chi connectivity index (χ2v) is 5.68. The Hall–Kier alpha value is -3.61. The first kappa shape index (κ1) is 18.2. The molecule has 0 aliphatic carbocycles. The van der Waals surface area contributed by atoms with Crippen molar-refractivity contribution in [2.75, 3.05) is 6.54 Å². The van der Waals surface area contributed by atoms with Crippen LogP contribution in [-0.2, 0) is 22.7 Å². The highest BCUT2D eigenvalue weighted by Crippen LogP contribution is 2.21. The molecule has 0 unspecified atom stereocenters. The number of nitrogens with one attached hydrogen (secondary N) is 2. The average Bonchev–Trinajstić information content (AvgIpc) is 3.25. The summed E-state index contributed by atoms with van der Waals surface area (Å²) in [6.07, 6.45) is 2.58. The summed E-state index contributed by atoms with van der Waals surface area (Å²) in [6, 6.07) is 16.5. The molecule has 27 heavy (non-hydrogen) atoms. The molecule has 7 nitrogen and oxygen atoms in total. The summed E-state index contributed by atoms with van der Waals surface area (Å²) in [5.74, 6) is 0.295. The van der Waals surface area contributed by atoms with Gasteiger partial charge in [-0.1, -0.05) is 36.4 Å². The predicted molar refractivity (Wildman–Crippen MR) is 98.4 cm³/mol. The molecule has 2 amide bonds. The second-order valence-electron chi connectivity index (χ2n) is 5.68. The van der Waals surface area contributed by atoms with Gasteiger partial charge in [-0.2, -0.15) is 0 Å². The summed E-state index contributed by atoms with van der Waals surface area (Å²) in [4.78, 5) is 27.9. The Morgan fingerprint density at radius 1 is 1.00 bits per heavy atom. The number of carbonyl (C=O) groups is 2. The molecule has 0 atom stereocenters. The number of furan rings is 1. The van der Waals surface area contributed by atoms with Crippen LogP contribution in [0.25, 0.3) is 11.5 Å². The van der Waals surface area contributed by atoms with Crippen molar-refractivity contribution in [1.29, 1.82) is 0 Å². The highest BCUT2D eigenvalue weighted by molar-refractivity contribution is 5.82. The molecule has 138 valence electrons. The van der Waals surface area contributed by atoms with Crippen molar-refractivity contribution in [2.45, 2.75) is 13.2 Å². The van der Waals surface area contributed by atoms with E-state index in [-0.39, 0.29) is 25.6 Å².